The maximum atomic E-state index is 12.2. The third kappa shape index (κ3) is 3.73. The van der Waals surface area contributed by atoms with Gasteiger partial charge in [-0.1, -0.05) is 24.9 Å². The average molecular weight is 315 g/mol. The van der Waals surface area contributed by atoms with Crippen molar-refractivity contribution in [2.24, 2.45) is 0 Å². The van der Waals surface area contributed by atoms with Gasteiger partial charge in [-0.2, -0.15) is 0 Å². The van der Waals surface area contributed by atoms with Crippen LogP contribution < -0.4 is 0 Å². The first-order chi connectivity index (χ1) is 9.61. The topological polar surface area (TPSA) is 40.6 Å². The van der Waals surface area contributed by atoms with Crippen LogP contribution in [0.5, 0.6) is 0 Å². The number of hydrogen-bond donors (Lipinski definition) is 0. The van der Waals surface area contributed by atoms with Gasteiger partial charge in [0.15, 0.2) is 0 Å². The number of thiophene rings is 1. The van der Waals surface area contributed by atoms with Gasteiger partial charge in [0.25, 0.3) is 5.91 Å². The zero-order valence-electron chi connectivity index (χ0n) is 11.6. The number of amides is 2. The molecular formula is C14H19ClN2O2S. The molecule has 0 atom stereocenters. The molecule has 2 rings (SSSR count). The fourth-order valence-corrected chi connectivity index (χ4v) is 3.24. The number of hydrogen-bond acceptors (Lipinski definition) is 3. The van der Waals surface area contributed by atoms with Gasteiger partial charge in [0.2, 0.25) is 5.91 Å². The van der Waals surface area contributed by atoms with Crippen molar-refractivity contribution in [1.29, 1.82) is 0 Å². The van der Waals surface area contributed by atoms with Gasteiger partial charge in [0.1, 0.15) is 0 Å². The molecule has 0 saturated carbocycles. The van der Waals surface area contributed by atoms with Crippen molar-refractivity contribution in [1.82, 2.24) is 9.80 Å². The van der Waals surface area contributed by atoms with Crippen molar-refractivity contribution >= 4 is 34.8 Å². The maximum absolute atomic E-state index is 12.2. The zero-order valence-corrected chi connectivity index (χ0v) is 13.2. The van der Waals surface area contributed by atoms with Crippen molar-refractivity contribution < 1.29 is 9.59 Å². The highest BCUT2D eigenvalue weighted by Gasteiger charge is 2.25. The van der Waals surface area contributed by atoms with Crippen LogP contribution in [0.3, 0.4) is 0 Å². The van der Waals surface area contributed by atoms with E-state index in [9.17, 15) is 9.59 Å². The predicted octanol–water partition coefficient (Wildman–Crippen LogP) is 2.88. The molecule has 1 fully saturated rings. The lowest BCUT2D eigenvalue weighted by atomic mass is 10.2. The molecule has 2 amide bonds. The molecule has 0 N–H and O–H groups in total. The number of unbranched alkanes of at least 4 members (excludes halogenated alkanes) is 1. The van der Waals surface area contributed by atoms with Crippen molar-refractivity contribution in [2.75, 3.05) is 26.2 Å². The lowest BCUT2D eigenvalue weighted by Crippen LogP contribution is -2.50. The molecule has 6 heteroatoms. The van der Waals surface area contributed by atoms with E-state index in [0.717, 1.165) is 12.8 Å². The predicted molar refractivity (Wildman–Crippen MR) is 81.3 cm³/mol. The van der Waals surface area contributed by atoms with E-state index in [4.69, 9.17) is 11.6 Å². The monoisotopic (exact) mass is 314 g/mol. The van der Waals surface area contributed by atoms with Crippen LogP contribution in [0.4, 0.5) is 0 Å². The number of rotatable bonds is 4. The lowest BCUT2D eigenvalue weighted by molar-refractivity contribution is -0.132. The molecule has 0 radical (unpaired) electrons. The smallest absolute Gasteiger partial charge is 0.264 e. The van der Waals surface area contributed by atoms with Gasteiger partial charge in [-0.3, -0.25) is 9.59 Å². The molecular weight excluding hydrogens is 296 g/mol. The minimum atomic E-state index is 0.0163. The SMILES string of the molecule is CCCCC(=O)N1CCN(C(=O)c2ccc(Cl)s2)CC1. The van der Waals surface area contributed by atoms with Crippen molar-refractivity contribution in [3.8, 4) is 0 Å². The summed E-state index contributed by atoms with van der Waals surface area (Å²) < 4.78 is 0.627. The molecule has 1 aromatic heterocycles. The van der Waals surface area contributed by atoms with Crippen molar-refractivity contribution in [3.63, 3.8) is 0 Å². The second-order valence-electron chi connectivity index (χ2n) is 4.88. The first-order valence-electron chi connectivity index (χ1n) is 6.94. The number of carbonyl (C=O) groups is 2. The van der Waals surface area contributed by atoms with E-state index in [1.54, 1.807) is 17.0 Å². The summed E-state index contributed by atoms with van der Waals surface area (Å²) in [7, 11) is 0. The molecule has 20 heavy (non-hydrogen) atoms. The molecule has 4 nitrogen and oxygen atoms in total. The molecule has 0 bridgehead atoms. The Labute approximate surface area is 128 Å². The molecule has 1 aliphatic rings. The minimum absolute atomic E-state index is 0.0163. The summed E-state index contributed by atoms with van der Waals surface area (Å²) in [5, 5.41) is 0. The summed E-state index contributed by atoms with van der Waals surface area (Å²) in [5.41, 5.74) is 0. The van der Waals surface area contributed by atoms with Crippen LogP contribution in [0.2, 0.25) is 4.34 Å². The maximum Gasteiger partial charge on any atom is 0.264 e. The van der Waals surface area contributed by atoms with E-state index < -0.39 is 0 Å². The Kier molecular flexibility index (Phi) is 5.43. The summed E-state index contributed by atoms with van der Waals surface area (Å²) in [6.45, 7) is 4.55. The highest BCUT2D eigenvalue weighted by Crippen LogP contribution is 2.23. The first-order valence-corrected chi connectivity index (χ1v) is 8.13. The number of halogens is 1. The van der Waals surface area contributed by atoms with Crippen LogP contribution in [-0.4, -0.2) is 47.8 Å². The van der Waals surface area contributed by atoms with E-state index in [-0.39, 0.29) is 11.8 Å². The Hall–Kier alpha value is -1.07. The molecule has 1 aliphatic heterocycles. The van der Waals surface area contributed by atoms with E-state index in [0.29, 0.717) is 41.8 Å². The number of piperazine rings is 1. The molecule has 0 unspecified atom stereocenters. The zero-order chi connectivity index (χ0) is 14.5. The second kappa shape index (κ2) is 7.09. The van der Waals surface area contributed by atoms with Gasteiger partial charge in [-0.25, -0.2) is 0 Å². The Morgan fingerprint density at radius 3 is 2.40 bits per heavy atom. The van der Waals surface area contributed by atoms with Gasteiger partial charge in [0.05, 0.1) is 9.21 Å². The lowest BCUT2D eigenvalue weighted by Gasteiger charge is -2.34. The van der Waals surface area contributed by atoms with E-state index in [1.165, 1.54) is 11.3 Å². The van der Waals surface area contributed by atoms with Gasteiger partial charge in [0, 0.05) is 32.6 Å². The van der Waals surface area contributed by atoms with E-state index in [1.807, 2.05) is 4.90 Å². The fourth-order valence-electron chi connectivity index (χ4n) is 2.23. The third-order valence-electron chi connectivity index (χ3n) is 3.45. The summed E-state index contributed by atoms with van der Waals surface area (Å²) >= 11 is 7.15. The highest BCUT2D eigenvalue weighted by molar-refractivity contribution is 7.17. The fraction of sp³-hybridized carbons (Fsp3) is 0.571. The summed E-state index contributed by atoms with van der Waals surface area (Å²) in [6.07, 6.45) is 2.58. The summed E-state index contributed by atoms with van der Waals surface area (Å²) in [5.74, 6) is 0.223. The van der Waals surface area contributed by atoms with Crippen LogP contribution in [0.25, 0.3) is 0 Å². The van der Waals surface area contributed by atoms with Crippen molar-refractivity contribution in [2.45, 2.75) is 26.2 Å². The number of carbonyl (C=O) groups excluding carboxylic acids is 2. The second-order valence-corrected chi connectivity index (χ2v) is 6.60. The van der Waals surface area contributed by atoms with Crippen LogP contribution in [0.15, 0.2) is 12.1 Å². The Morgan fingerprint density at radius 2 is 1.85 bits per heavy atom. The Morgan fingerprint density at radius 1 is 1.20 bits per heavy atom. The normalized spacial score (nSPS) is 15.5. The first kappa shape index (κ1) is 15.3. The quantitative estimate of drug-likeness (QED) is 0.857. The molecule has 1 aromatic rings. The van der Waals surface area contributed by atoms with Gasteiger partial charge < -0.3 is 9.80 Å². The molecule has 110 valence electrons. The molecule has 2 heterocycles. The number of nitrogens with zero attached hydrogens (tertiary/aromatic N) is 2. The Balaban J connectivity index is 1.85. The standard InChI is InChI=1S/C14H19ClN2O2S/c1-2-3-4-13(18)16-7-9-17(10-8-16)14(19)11-5-6-12(15)20-11/h5-6H,2-4,7-10H2,1H3. The molecule has 0 aromatic carbocycles. The van der Waals surface area contributed by atoms with Crippen LogP contribution in [0, 0.1) is 0 Å². The van der Waals surface area contributed by atoms with Crippen molar-refractivity contribution in [3.05, 3.63) is 21.3 Å². The van der Waals surface area contributed by atoms with Gasteiger partial charge in [-0.05, 0) is 18.6 Å². The van der Waals surface area contributed by atoms with Crippen LogP contribution in [0.1, 0.15) is 35.9 Å². The third-order valence-corrected chi connectivity index (χ3v) is 4.67. The Bertz CT molecular complexity index is 481. The molecule has 1 saturated heterocycles. The van der Waals surface area contributed by atoms with E-state index in [2.05, 4.69) is 6.92 Å². The average Bonchev–Trinajstić information content (AvgIpc) is 2.90. The summed E-state index contributed by atoms with van der Waals surface area (Å²) in [6, 6.07) is 3.50. The summed E-state index contributed by atoms with van der Waals surface area (Å²) in [4.78, 5) is 28.5. The van der Waals surface area contributed by atoms with E-state index >= 15 is 0 Å². The highest BCUT2D eigenvalue weighted by atomic mass is 35.5. The minimum Gasteiger partial charge on any atom is -0.339 e. The molecule has 0 aliphatic carbocycles. The van der Waals surface area contributed by atoms with Crippen LogP contribution in [-0.2, 0) is 4.79 Å². The molecule has 0 spiro atoms. The van der Waals surface area contributed by atoms with Gasteiger partial charge in [-0.15, -0.1) is 11.3 Å². The largest absolute Gasteiger partial charge is 0.339 e. The van der Waals surface area contributed by atoms with Crippen LogP contribution >= 0.6 is 22.9 Å². The van der Waals surface area contributed by atoms with Gasteiger partial charge >= 0.3 is 0 Å².